The van der Waals surface area contributed by atoms with E-state index in [1.54, 1.807) is 6.26 Å². The van der Waals surface area contributed by atoms with Crippen molar-refractivity contribution in [1.29, 1.82) is 0 Å². The fourth-order valence-electron chi connectivity index (χ4n) is 4.09. The van der Waals surface area contributed by atoms with Gasteiger partial charge in [0.25, 0.3) is 0 Å². The van der Waals surface area contributed by atoms with E-state index in [-0.39, 0.29) is 24.0 Å². The van der Waals surface area contributed by atoms with E-state index < -0.39 is 0 Å². The number of furan rings is 1. The number of rotatable bonds is 7. The molecule has 0 radical (unpaired) electrons. The number of ether oxygens (including phenoxy) is 1. The predicted molar refractivity (Wildman–Crippen MR) is 131 cm³/mol. The minimum absolute atomic E-state index is 0. The molecular weight excluding hydrogens is 491 g/mol. The summed E-state index contributed by atoms with van der Waals surface area (Å²) in [7, 11) is 0. The number of nitrogens with one attached hydrogen (secondary N) is 1. The molecule has 0 saturated carbocycles. The molecule has 7 heteroatoms. The highest BCUT2D eigenvalue weighted by Crippen LogP contribution is 2.26. The summed E-state index contributed by atoms with van der Waals surface area (Å²) in [5, 5.41) is 3.58. The van der Waals surface area contributed by atoms with Gasteiger partial charge in [0.2, 0.25) is 0 Å². The van der Waals surface area contributed by atoms with E-state index >= 15 is 0 Å². The Morgan fingerprint density at radius 2 is 1.90 bits per heavy atom. The molecule has 0 aliphatic carbocycles. The van der Waals surface area contributed by atoms with Crippen LogP contribution in [0.3, 0.4) is 0 Å². The van der Waals surface area contributed by atoms with Gasteiger partial charge in [0.1, 0.15) is 5.76 Å². The van der Waals surface area contributed by atoms with Crippen molar-refractivity contribution in [2.45, 2.75) is 18.8 Å². The van der Waals surface area contributed by atoms with E-state index in [2.05, 4.69) is 45.4 Å². The minimum Gasteiger partial charge on any atom is -0.469 e. The summed E-state index contributed by atoms with van der Waals surface area (Å²) in [6.07, 6.45) is 3.77. The molecule has 1 unspecified atom stereocenters. The van der Waals surface area contributed by atoms with E-state index in [0.717, 1.165) is 77.2 Å². The first kappa shape index (κ1) is 23.1. The lowest BCUT2D eigenvalue weighted by Crippen LogP contribution is -2.42. The normalized spacial score (nSPS) is 20.2. The summed E-state index contributed by atoms with van der Waals surface area (Å²) in [6.45, 7) is 8.39. The van der Waals surface area contributed by atoms with E-state index in [1.807, 2.05) is 12.1 Å². The van der Waals surface area contributed by atoms with E-state index in [4.69, 9.17) is 14.1 Å². The lowest BCUT2D eigenvalue weighted by atomic mass is 9.99. The molecule has 2 aromatic rings. The first-order valence-corrected chi connectivity index (χ1v) is 10.8. The second kappa shape index (κ2) is 12.3. The van der Waals surface area contributed by atoms with Crippen LogP contribution in [0.25, 0.3) is 0 Å². The van der Waals surface area contributed by atoms with E-state index in [0.29, 0.717) is 5.92 Å². The van der Waals surface area contributed by atoms with Crippen LogP contribution in [0.1, 0.15) is 23.7 Å². The van der Waals surface area contributed by atoms with E-state index in [1.165, 1.54) is 12.0 Å². The highest BCUT2D eigenvalue weighted by Gasteiger charge is 2.26. The third-order valence-electron chi connectivity index (χ3n) is 5.77. The molecule has 1 N–H and O–H groups in total. The lowest BCUT2D eigenvalue weighted by molar-refractivity contribution is 0.0394. The number of morpholine rings is 1. The Hall–Kier alpha value is -1.58. The number of hydrogen-bond acceptors (Lipinski definition) is 4. The number of guanidine groups is 1. The maximum Gasteiger partial charge on any atom is 0.194 e. The molecule has 3 heterocycles. The summed E-state index contributed by atoms with van der Waals surface area (Å²) in [5.74, 6) is 2.62. The molecule has 2 aliphatic heterocycles. The molecule has 2 fully saturated rings. The number of hydrogen-bond donors (Lipinski definition) is 1. The van der Waals surface area contributed by atoms with Gasteiger partial charge < -0.3 is 19.4 Å². The van der Waals surface area contributed by atoms with Crippen molar-refractivity contribution < 1.29 is 9.15 Å². The highest BCUT2D eigenvalue weighted by atomic mass is 127. The number of nitrogens with zero attached hydrogens (tertiary/aromatic N) is 3. The molecule has 2 aliphatic rings. The molecule has 1 aromatic carbocycles. The van der Waals surface area contributed by atoms with Gasteiger partial charge in [-0.3, -0.25) is 9.89 Å². The zero-order chi connectivity index (χ0) is 19.7. The van der Waals surface area contributed by atoms with Gasteiger partial charge in [-0.25, -0.2) is 0 Å². The van der Waals surface area contributed by atoms with Crippen molar-refractivity contribution >= 4 is 29.9 Å². The Morgan fingerprint density at radius 1 is 1.07 bits per heavy atom. The molecule has 0 bridgehead atoms. The monoisotopic (exact) mass is 524 g/mol. The van der Waals surface area contributed by atoms with Crippen LogP contribution in [-0.4, -0.2) is 74.8 Å². The summed E-state index contributed by atoms with van der Waals surface area (Å²) >= 11 is 0. The number of benzene rings is 1. The van der Waals surface area contributed by atoms with Gasteiger partial charge in [0.05, 0.1) is 26.0 Å². The maximum atomic E-state index is 5.46. The predicted octanol–water partition coefficient (Wildman–Crippen LogP) is 3.21. The highest BCUT2D eigenvalue weighted by molar-refractivity contribution is 14.0. The minimum atomic E-state index is 0. The zero-order valence-electron chi connectivity index (χ0n) is 17.5. The van der Waals surface area contributed by atoms with E-state index in [9.17, 15) is 0 Å². The van der Waals surface area contributed by atoms with Crippen molar-refractivity contribution in [3.8, 4) is 0 Å². The van der Waals surface area contributed by atoms with Gasteiger partial charge in [-0.05, 0) is 24.1 Å². The van der Waals surface area contributed by atoms with Crippen LogP contribution in [0.4, 0.5) is 0 Å². The zero-order valence-corrected chi connectivity index (χ0v) is 19.9. The first-order valence-electron chi connectivity index (χ1n) is 10.8. The maximum absolute atomic E-state index is 5.46. The molecule has 1 atom stereocenters. The van der Waals surface area contributed by atoms with Crippen LogP contribution >= 0.6 is 24.0 Å². The smallest absolute Gasteiger partial charge is 0.194 e. The Morgan fingerprint density at radius 3 is 2.67 bits per heavy atom. The standard InChI is InChI=1S/C23H32N4O2.HI/c1-2-5-20(6-3-1)21-9-12-27(19-21)23(24-10-8-22-7-4-16-29-22)25-11-13-26-14-17-28-18-15-26;/h1-7,16,21H,8-15,17-19H2,(H,24,25);1H. The average molecular weight is 524 g/mol. The number of likely N-dealkylation sites (tertiary alicyclic amines) is 1. The summed E-state index contributed by atoms with van der Waals surface area (Å²) < 4.78 is 10.9. The van der Waals surface area contributed by atoms with Crippen LogP contribution in [-0.2, 0) is 11.2 Å². The van der Waals surface area contributed by atoms with Crippen LogP contribution in [0, 0.1) is 0 Å². The molecule has 4 rings (SSSR count). The average Bonchev–Trinajstić information content (AvgIpc) is 3.46. The second-order valence-electron chi connectivity index (χ2n) is 7.76. The molecular formula is C23H33IN4O2. The van der Waals surface area contributed by atoms with Gasteiger partial charge >= 0.3 is 0 Å². The van der Waals surface area contributed by atoms with Gasteiger partial charge in [0, 0.05) is 51.6 Å². The Labute approximate surface area is 196 Å². The Bertz CT molecular complexity index is 748. The summed E-state index contributed by atoms with van der Waals surface area (Å²) in [4.78, 5) is 9.82. The van der Waals surface area contributed by atoms with Gasteiger partial charge in [-0.15, -0.1) is 24.0 Å². The fourth-order valence-corrected chi connectivity index (χ4v) is 4.09. The fraction of sp³-hybridized carbons (Fsp3) is 0.522. The number of aliphatic imine (C=N–C) groups is 1. The third-order valence-corrected chi connectivity index (χ3v) is 5.77. The quantitative estimate of drug-likeness (QED) is 0.343. The molecule has 164 valence electrons. The Kier molecular flexibility index (Phi) is 9.48. The van der Waals surface area contributed by atoms with Gasteiger partial charge in [-0.2, -0.15) is 0 Å². The molecule has 6 nitrogen and oxygen atoms in total. The second-order valence-corrected chi connectivity index (χ2v) is 7.76. The van der Waals surface area contributed by atoms with Crippen LogP contribution in [0.5, 0.6) is 0 Å². The lowest BCUT2D eigenvalue weighted by Gasteiger charge is -2.26. The molecule has 0 amide bonds. The third kappa shape index (κ3) is 6.72. The van der Waals surface area contributed by atoms with Gasteiger partial charge in [0.15, 0.2) is 5.96 Å². The largest absolute Gasteiger partial charge is 0.469 e. The van der Waals surface area contributed by atoms with Crippen molar-refractivity contribution in [2.75, 3.05) is 59.0 Å². The molecule has 0 spiro atoms. The van der Waals surface area contributed by atoms with Crippen LogP contribution in [0.15, 0.2) is 58.1 Å². The first-order chi connectivity index (χ1) is 14.4. The summed E-state index contributed by atoms with van der Waals surface area (Å²) in [5.41, 5.74) is 1.43. The topological polar surface area (TPSA) is 53.2 Å². The van der Waals surface area contributed by atoms with Gasteiger partial charge in [-0.1, -0.05) is 30.3 Å². The van der Waals surface area contributed by atoms with Crippen molar-refractivity contribution in [1.82, 2.24) is 15.1 Å². The van der Waals surface area contributed by atoms with Crippen LogP contribution < -0.4 is 5.32 Å². The number of halogens is 1. The molecule has 1 aromatic heterocycles. The molecule has 30 heavy (non-hydrogen) atoms. The summed E-state index contributed by atoms with van der Waals surface area (Å²) in [6, 6.07) is 14.8. The molecule has 2 saturated heterocycles. The van der Waals surface area contributed by atoms with Crippen LogP contribution in [0.2, 0.25) is 0 Å². The SMILES string of the molecule is I.c1ccc(C2CCN(C(=NCCN3CCOCC3)NCCc3ccco3)C2)cc1. The Balaban J connectivity index is 0.00000256. The van der Waals surface area contributed by atoms with Crippen molar-refractivity contribution in [2.24, 2.45) is 4.99 Å². The van der Waals surface area contributed by atoms with Crippen molar-refractivity contribution in [3.05, 3.63) is 60.1 Å². The van der Waals surface area contributed by atoms with Crippen molar-refractivity contribution in [3.63, 3.8) is 0 Å².